The van der Waals surface area contributed by atoms with Crippen molar-refractivity contribution in [3.8, 4) is 5.75 Å². The zero-order chi connectivity index (χ0) is 31.7. The van der Waals surface area contributed by atoms with Gasteiger partial charge >= 0.3 is 7.12 Å². The summed E-state index contributed by atoms with van der Waals surface area (Å²) in [5, 5.41) is 21.2. The highest BCUT2D eigenvalue weighted by molar-refractivity contribution is 6.43. The molecule has 3 fully saturated rings. The molecule has 0 aromatic heterocycles. The molecule has 2 N–H and O–H groups in total. The summed E-state index contributed by atoms with van der Waals surface area (Å²) < 4.78 is 6.15. The fourth-order valence-electron chi connectivity index (χ4n) is 8.24. The molecule has 9 heteroatoms. The molecule has 238 valence electrons. The van der Waals surface area contributed by atoms with Crippen LogP contribution in [0.25, 0.3) is 6.08 Å². The highest BCUT2D eigenvalue weighted by Crippen LogP contribution is 2.51. The maximum absolute atomic E-state index is 14.1. The summed E-state index contributed by atoms with van der Waals surface area (Å²) in [6.07, 6.45) is 7.56. The predicted octanol–water partition coefficient (Wildman–Crippen LogP) is 6.49. The lowest BCUT2D eigenvalue weighted by Crippen LogP contribution is -2.48. The molecule has 0 unspecified atom stereocenters. The number of aromatic hydroxyl groups is 1. The van der Waals surface area contributed by atoms with E-state index in [4.69, 9.17) is 16.3 Å². The molecule has 3 aliphatic heterocycles. The van der Waals surface area contributed by atoms with Crippen molar-refractivity contribution in [2.45, 2.75) is 83.8 Å². The van der Waals surface area contributed by atoms with Crippen molar-refractivity contribution in [1.29, 1.82) is 0 Å². The number of phenolic OH excluding ortho intramolecular Hbond substituents is 1. The summed E-state index contributed by atoms with van der Waals surface area (Å²) in [5.74, 6) is -0.922. The van der Waals surface area contributed by atoms with Gasteiger partial charge in [-0.15, -0.1) is 0 Å². The molecule has 3 saturated heterocycles. The molecule has 4 atom stereocenters. The van der Waals surface area contributed by atoms with Crippen LogP contribution in [0, 0.1) is 17.8 Å². The molecule has 2 aromatic carbocycles. The average Bonchev–Trinajstić information content (AvgIpc) is 3.26. The SMILES string of the molecule is CCC/C(=C\c1ccc(O)cc1Cl)CC[C@H]1OB(O)C[C@H]2C1=C(C)C[C@H]1C(=O)N(C3CCN(Cc4ccccc4)CC3)C(=O)[C@H]12. The number of hydrogen-bond donors (Lipinski definition) is 2. The fraction of sp³-hybridized carbons (Fsp3) is 0.500. The van der Waals surface area contributed by atoms with Gasteiger partial charge < -0.3 is 14.8 Å². The third-order valence-corrected chi connectivity index (χ3v) is 10.6. The average molecular weight is 631 g/mol. The first-order valence-corrected chi connectivity index (χ1v) is 17.0. The van der Waals surface area contributed by atoms with Crippen LogP contribution in [0.3, 0.4) is 0 Å². The summed E-state index contributed by atoms with van der Waals surface area (Å²) in [5.41, 5.74) is 5.59. The van der Waals surface area contributed by atoms with Gasteiger partial charge in [-0.3, -0.25) is 19.4 Å². The van der Waals surface area contributed by atoms with Crippen LogP contribution in [0.1, 0.15) is 69.9 Å². The van der Waals surface area contributed by atoms with Crippen molar-refractivity contribution in [2.24, 2.45) is 17.8 Å². The van der Waals surface area contributed by atoms with Gasteiger partial charge in [0.25, 0.3) is 0 Å². The first-order valence-electron chi connectivity index (χ1n) is 16.6. The lowest BCUT2D eigenvalue weighted by atomic mass is 9.58. The molecular weight excluding hydrogens is 587 g/mol. The zero-order valence-corrected chi connectivity index (χ0v) is 27.1. The van der Waals surface area contributed by atoms with Crippen LogP contribution in [0.5, 0.6) is 5.75 Å². The molecule has 45 heavy (non-hydrogen) atoms. The van der Waals surface area contributed by atoms with Gasteiger partial charge in [0.05, 0.1) is 23.0 Å². The number of piperidine rings is 1. The first-order chi connectivity index (χ1) is 21.7. The van der Waals surface area contributed by atoms with E-state index in [1.165, 1.54) is 11.1 Å². The van der Waals surface area contributed by atoms with Crippen molar-refractivity contribution in [3.05, 3.63) is 81.4 Å². The van der Waals surface area contributed by atoms with E-state index < -0.39 is 13.0 Å². The molecule has 0 saturated carbocycles. The molecule has 2 aromatic rings. The maximum Gasteiger partial charge on any atom is 0.455 e. The number of carbonyl (C=O) groups excluding carboxylic acids is 2. The lowest BCUT2D eigenvalue weighted by molar-refractivity contribution is -0.144. The number of fused-ring (bicyclic) bond motifs is 3. The number of benzene rings is 2. The van der Waals surface area contributed by atoms with Gasteiger partial charge in [0.1, 0.15) is 5.75 Å². The van der Waals surface area contributed by atoms with E-state index in [-0.39, 0.29) is 41.5 Å². The number of rotatable bonds is 9. The number of amides is 2. The van der Waals surface area contributed by atoms with Crippen LogP contribution in [-0.2, 0) is 20.8 Å². The Morgan fingerprint density at radius 3 is 2.53 bits per heavy atom. The summed E-state index contributed by atoms with van der Waals surface area (Å²) >= 11 is 6.40. The Labute approximate surface area is 272 Å². The summed E-state index contributed by atoms with van der Waals surface area (Å²) in [6, 6.07) is 15.4. The smallest absolute Gasteiger partial charge is 0.455 e. The van der Waals surface area contributed by atoms with Crippen LogP contribution in [0.4, 0.5) is 0 Å². The minimum Gasteiger partial charge on any atom is -0.508 e. The van der Waals surface area contributed by atoms with E-state index in [0.29, 0.717) is 24.2 Å². The third-order valence-electron chi connectivity index (χ3n) is 10.3. The second kappa shape index (κ2) is 13.8. The molecule has 3 heterocycles. The molecule has 7 nitrogen and oxygen atoms in total. The Morgan fingerprint density at radius 2 is 1.82 bits per heavy atom. The summed E-state index contributed by atoms with van der Waals surface area (Å²) in [7, 11) is -0.973. The number of nitrogens with zero attached hydrogens (tertiary/aromatic N) is 2. The highest BCUT2D eigenvalue weighted by atomic mass is 35.5. The second-order valence-electron chi connectivity index (χ2n) is 13.3. The number of imide groups is 1. The molecule has 6 rings (SSSR count). The monoisotopic (exact) mass is 630 g/mol. The molecular formula is C36H44BClN2O5. The molecule has 0 bridgehead atoms. The van der Waals surface area contributed by atoms with E-state index in [0.717, 1.165) is 68.4 Å². The zero-order valence-electron chi connectivity index (χ0n) is 26.3. The van der Waals surface area contributed by atoms with Crippen LogP contribution in [-0.4, -0.2) is 64.1 Å². The summed E-state index contributed by atoms with van der Waals surface area (Å²) in [6.45, 7) is 6.81. The molecule has 0 spiro atoms. The normalized spacial score (nSPS) is 26.4. The van der Waals surface area contributed by atoms with Gasteiger partial charge in [-0.25, -0.2) is 0 Å². The Kier molecular flexibility index (Phi) is 9.86. The quantitative estimate of drug-likeness (QED) is 0.187. The van der Waals surface area contributed by atoms with Gasteiger partial charge in [-0.1, -0.05) is 72.5 Å². The number of carbonyl (C=O) groups is 2. The number of phenols is 1. The predicted molar refractivity (Wildman–Crippen MR) is 177 cm³/mol. The van der Waals surface area contributed by atoms with Crippen molar-refractivity contribution >= 4 is 36.6 Å². The van der Waals surface area contributed by atoms with Crippen molar-refractivity contribution in [2.75, 3.05) is 13.1 Å². The van der Waals surface area contributed by atoms with Crippen LogP contribution >= 0.6 is 11.6 Å². The van der Waals surface area contributed by atoms with Gasteiger partial charge in [0.2, 0.25) is 11.8 Å². The largest absolute Gasteiger partial charge is 0.508 e. The summed E-state index contributed by atoms with van der Waals surface area (Å²) in [4.78, 5) is 32.0. The molecule has 1 aliphatic carbocycles. The van der Waals surface area contributed by atoms with Gasteiger partial charge in [-0.2, -0.15) is 0 Å². The van der Waals surface area contributed by atoms with E-state index in [1.54, 1.807) is 17.0 Å². The second-order valence-corrected chi connectivity index (χ2v) is 13.7. The number of allylic oxidation sites excluding steroid dienone is 2. The topological polar surface area (TPSA) is 90.3 Å². The standard InChI is InChI=1S/C36H44BClN2O5/c1-3-7-24(19-26-11-12-28(41)20-31(26)38)10-13-32-33-23(2)18-29-34(30(33)21-37(44)45-32)36(43)40(35(29)42)27-14-16-39(17-15-27)22-25-8-5-4-6-9-25/h4-6,8-9,11-12,19-20,27,29-30,32,34,41,44H,3,7,10,13-18,21-22H2,1-2H3/b24-19+/t29-,30+,32-,34-/m1/s1. The van der Waals surface area contributed by atoms with Gasteiger partial charge in [-0.05, 0) is 92.6 Å². The maximum atomic E-state index is 14.1. The molecule has 0 radical (unpaired) electrons. The number of likely N-dealkylation sites (tertiary alicyclic amines) is 2. The lowest BCUT2D eigenvalue weighted by Gasteiger charge is -2.42. The Balaban J connectivity index is 1.15. The van der Waals surface area contributed by atoms with Gasteiger partial charge in [0.15, 0.2) is 0 Å². The van der Waals surface area contributed by atoms with Crippen LogP contribution in [0.15, 0.2) is 65.3 Å². The van der Waals surface area contributed by atoms with Gasteiger partial charge in [0, 0.05) is 25.7 Å². The Morgan fingerprint density at radius 1 is 1.07 bits per heavy atom. The first kappa shape index (κ1) is 32.1. The minimum atomic E-state index is -0.973. The molecule has 2 amide bonds. The van der Waals surface area contributed by atoms with Crippen LogP contribution in [0.2, 0.25) is 11.3 Å². The third kappa shape index (κ3) is 6.80. The van der Waals surface area contributed by atoms with Crippen molar-refractivity contribution < 1.29 is 24.4 Å². The van der Waals surface area contributed by atoms with Crippen LogP contribution < -0.4 is 0 Å². The van der Waals surface area contributed by atoms with E-state index in [9.17, 15) is 19.7 Å². The molecule has 4 aliphatic rings. The number of hydrogen-bond acceptors (Lipinski definition) is 6. The van der Waals surface area contributed by atoms with E-state index >= 15 is 0 Å². The van der Waals surface area contributed by atoms with Crippen molar-refractivity contribution in [3.63, 3.8) is 0 Å². The highest BCUT2D eigenvalue weighted by Gasteiger charge is 2.58. The fourth-order valence-corrected chi connectivity index (χ4v) is 8.47. The van der Waals surface area contributed by atoms with Crippen molar-refractivity contribution in [1.82, 2.24) is 9.80 Å². The minimum absolute atomic E-state index is 0.0265. The number of halogens is 1. The van der Waals surface area contributed by atoms with E-state index in [1.807, 2.05) is 12.1 Å². The van der Waals surface area contributed by atoms with E-state index in [2.05, 4.69) is 49.1 Å². The Bertz CT molecular complexity index is 1470. The Hall–Kier alpha value is -2.91.